The van der Waals surface area contributed by atoms with Crippen LogP contribution in [0, 0.1) is 5.41 Å². The Morgan fingerprint density at radius 2 is 1.30 bits per heavy atom. The van der Waals surface area contributed by atoms with Crippen LogP contribution in [-0.4, -0.2) is 26.2 Å². The Labute approximate surface area is 323 Å². The fourth-order valence-corrected chi connectivity index (χ4v) is 10.2. The summed E-state index contributed by atoms with van der Waals surface area (Å²) in [5.41, 5.74) is 16.8. The summed E-state index contributed by atoms with van der Waals surface area (Å²) >= 11 is 7.37. The van der Waals surface area contributed by atoms with Crippen LogP contribution in [0.3, 0.4) is 0 Å². The Morgan fingerprint density at radius 1 is 0.642 bits per heavy atom. The highest BCUT2D eigenvalue weighted by Gasteiger charge is 2.34. The second-order valence-corrected chi connectivity index (χ2v) is 19.0. The lowest BCUT2D eigenvalue weighted by Crippen LogP contribution is -2.35. The zero-order valence-electron chi connectivity index (χ0n) is 33.0. The standard InChI is InChI=1S/C49H57ClN2O/c1-48(2,3)37-26-33(40-27-35-14-8-22-51-24-10-16-38(45(35)51)42(40)30-37)20-18-31-12-7-13-32(44(31)50)19-21-34-29-43(49(4,5)6)53-47-39-17-11-25-52-23-9-15-36(46(39)52)28-41(34)47/h18-21,26-30H,7-17,22-25H2,1-6H3/b20-18+,32-19+,34-21+. The number of rotatable bonds is 3. The quantitative estimate of drug-likeness (QED) is 0.267. The van der Waals surface area contributed by atoms with Gasteiger partial charge in [0.1, 0.15) is 11.5 Å². The van der Waals surface area contributed by atoms with Crippen LogP contribution in [0.2, 0.25) is 0 Å². The highest BCUT2D eigenvalue weighted by Crippen LogP contribution is 2.49. The normalized spacial score (nSPS) is 21.6. The summed E-state index contributed by atoms with van der Waals surface area (Å²) < 4.78 is 6.84. The number of hydrogen-bond acceptors (Lipinski definition) is 3. The second kappa shape index (κ2) is 13.3. The van der Waals surface area contributed by atoms with Crippen LogP contribution in [0.15, 0.2) is 70.5 Å². The number of nitrogens with zero attached hydrogens (tertiary/aromatic N) is 2. The Balaban J connectivity index is 1.11. The lowest BCUT2D eigenvalue weighted by Gasteiger charge is -2.40. The van der Waals surface area contributed by atoms with Gasteiger partial charge in [0.2, 0.25) is 0 Å². The molecule has 0 N–H and O–H groups in total. The maximum absolute atomic E-state index is 7.37. The fraction of sp³-hybridized carbons (Fsp3) is 0.469. The molecule has 0 radical (unpaired) electrons. The van der Waals surface area contributed by atoms with E-state index in [1.165, 1.54) is 113 Å². The Morgan fingerprint density at radius 3 is 2.00 bits per heavy atom. The minimum atomic E-state index is -0.0911. The molecule has 0 unspecified atom stereocenters. The minimum Gasteiger partial charge on any atom is -0.460 e. The van der Waals surface area contributed by atoms with Gasteiger partial charge in [0, 0.05) is 59.1 Å². The predicted molar refractivity (Wildman–Crippen MR) is 227 cm³/mol. The molecule has 1 aliphatic carbocycles. The first-order valence-electron chi connectivity index (χ1n) is 20.6. The first-order chi connectivity index (χ1) is 25.4. The van der Waals surface area contributed by atoms with Crippen LogP contribution >= 0.6 is 11.6 Å². The molecule has 6 aliphatic rings. The third kappa shape index (κ3) is 6.29. The molecule has 0 saturated carbocycles. The molecule has 53 heavy (non-hydrogen) atoms. The average Bonchev–Trinajstić information content (AvgIpc) is 3.13. The van der Waals surface area contributed by atoms with Crippen molar-refractivity contribution in [3.05, 3.63) is 109 Å². The predicted octanol–water partition coefficient (Wildman–Crippen LogP) is 12.6. The molecule has 4 heteroatoms. The molecular weight excluding hydrogens is 668 g/mol. The summed E-state index contributed by atoms with van der Waals surface area (Å²) in [7, 11) is 0. The topological polar surface area (TPSA) is 15.7 Å². The molecule has 0 aromatic heterocycles. The van der Waals surface area contributed by atoms with Crippen LogP contribution in [-0.2, 0) is 31.1 Å². The van der Waals surface area contributed by atoms with E-state index in [4.69, 9.17) is 16.3 Å². The van der Waals surface area contributed by atoms with Gasteiger partial charge in [-0.1, -0.05) is 89.6 Å². The molecule has 0 atom stereocenters. The van der Waals surface area contributed by atoms with Crippen molar-refractivity contribution in [3.63, 3.8) is 0 Å². The Hall–Kier alpha value is -3.69. The van der Waals surface area contributed by atoms with E-state index in [0.717, 1.165) is 61.7 Å². The van der Waals surface area contributed by atoms with Crippen molar-refractivity contribution >= 4 is 45.4 Å². The summed E-state index contributed by atoms with van der Waals surface area (Å²) in [6.07, 6.45) is 24.3. The third-order valence-corrected chi connectivity index (χ3v) is 13.2. The molecular formula is C49H57ClN2O. The van der Waals surface area contributed by atoms with E-state index in [1.807, 2.05) is 0 Å². The molecule has 3 aromatic carbocycles. The van der Waals surface area contributed by atoms with Gasteiger partial charge in [0.15, 0.2) is 0 Å². The van der Waals surface area contributed by atoms with E-state index >= 15 is 0 Å². The summed E-state index contributed by atoms with van der Waals surface area (Å²) in [4.78, 5) is 5.28. The molecule has 0 fully saturated rings. The first kappa shape index (κ1) is 35.0. The molecule has 0 spiro atoms. The van der Waals surface area contributed by atoms with Crippen LogP contribution in [0.5, 0.6) is 5.75 Å². The van der Waals surface area contributed by atoms with Crippen molar-refractivity contribution in [1.82, 2.24) is 0 Å². The van der Waals surface area contributed by atoms with E-state index < -0.39 is 0 Å². The highest BCUT2D eigenvalue weighted by molar-refractivity contribution is 6.32. The van der Waals surface area contributed by atoms with Gasteiger partial charge in [-0.2, -0.15) is 0 Å². The fourth-order valence-electron chi connectivity index (χ4n) is 9.92. The molecule has 276 valence electrons. The molecule has 9 rings (SSSR count). The van der Waals surface area contributed by atoms with Crippen LogP contribution in [0.1, 0.15) is 125 Å². The van der Waals surface area contributed by atoms with Crippen LogP contribution < -0.4 is 14.5 Å². The van der Waals surface area contributed by atoms with Crippen molar-refractivity contribution in [3.8, 4) is 5.75 Å². The third-order valence-electron chi connectivity index (χ3n) is 12.8. The lowest BCUT2D eigenvalue weighted by atomic mass is 9.80. The number of anilines is 2. The second-order valence-electron chi connectivity index (χ2n) is 18.6. The number of ether oxygens (including phenoxy) is 1. The van der Waals surface area contributed by atoms with E-state index in [2.05, 4.69) is 106 Å². The molecule has 0 saturated heterocycles. The number of halogens is 1. The molecule has 0 amide bonds. The van der Waals surface area contributed by atoms with Gasteiger partial charge >= 0.3 is 0 Å². The van der Waals surface area contributed by atoms with E-state index in [0.29, 0.717) is 0 Å². The highest BCUT2D eigenvalue weighted by atomic mass is 35.5. The summed E-state index contributed by atoms with van der Waals surface area (Å²) in [5, 5.41) is 3.79. The number of benzene rings is 3. The molecule has 3 nitrogen and oxygen atoms in total. The largest absolute Gasteiger partial charge is 0.460 e. The average molecular weight is 725 g/mol. The van der Waals surface area contributed by atoms with Gasteiger partial charge in [0.25, 0.3) is 0 Å². The maximum Gasteiger partial charge on any atom is 0.140 e. The SMILES string of the molecule is CC(C)(C)C1=C/C(=C\C=C2/CCCC(/C=C/c3cc(C(C)(C)C)cc4c5c6c(cc34)CCCN6CCC5)=C2Cl)c2cc3c4c(c2O1)CCCN4CCC3. The zero-order chi connectivity index (χ0) is 36.6. The van der Waals surface area contributed by atoms with E-state index in [1.54, 1.807) is 16.8 Å². The van der Waals surface area contributed by atoms with E-state index in [9.17, 15) is 0 Å². The van der Waals surface area contributed by atoms with Gasteiger partial charge < -0.3 is 14.5 Å². The van der Waals surface area contributed by atoms with Gasteiger partial charge in [-0.3, -0.25) is 0 Å². The monoisotopic (exact) mass is 724 g/mol. The summed E-state index contributed by atoms with van der Waals surface area (Å²) in [6.45, 7) is 18.5. The number of fused-ring (bicyclic) bond motifs is 4. The summed E-state index contributed by atoms with van der Waals surface area (Å²) in [5.74, 6) is 2.13. The zero-order valence-corrected chi connectivity index (χ0v) is 33.7. The molecule has 0 bridgehead atoms. The Bertz CT molecular complexity index is 2170. The maximum atomic E-state index is 7.37. The number of allylic oxidation sites excluding steroid dienone is 9. The first-order valence-corrected chi connectivity index (χ1v) is 21.0. The number of aryl methyl sites for hydroxylation is 3. The van der Waals surface area contributed by atoms with Gasteiger partial charge in [-0.25, -0.2) is 0 Å². The van der Waals surface area contributed by atoms with Crippen molar-refractivity contribution in [2.75, 3.05) is 36.0 Å². The summed E-state index contributed by atoms with van der Waals surface area (Å²) in [6, 6.07) is 9.93. The van der Waals surface area contributed by atoms with Gasteiger partial charge in [-0.05, 0) is 150 Å². The molecule has 5 heterocycles. The van der Waals surface area contributed by atoms with Crippen LogP contribution in [0.25, 0.3) is 22.4 Å². The van der Waals surface area contributed by atoms with Gasteiger partial charge in [0.05, 0.1) is 0 Å². The minimum absolute atomic E-state index is 0.0689. The smallest absolute Gasteiger partial charge is 0.140 e. The van der Waals surface area contributed by atoms with Crippen molar-refractivity contribution in [2.24, 2.45) is 5.41 Å². The van der Waals surface area contributed by atoms with Crippen LogP contribution in [0.4, 0.5) is 11.4 Å². The van der Waals surface area contributed by atoms with Crippen molar-refractivity contribution < 1.29 is 4.74 Å². The molecule has 5 aliphatic heterocycles. The Kier molecular flexibility index (Phi) is 8.76. The van der Waals surface area contributed by atoms with E-state index in [-0.39, 0.29) is 10.8 Å². The van der Waals surface area contributed by atoms with Crippen molar-refractivity contribution in [2.45, 2.75) is 118 Å². The lowest BCUT2D eigenvalue weighted by molar-refractivity contribution is 0.288. The molecule has 3 aromatic rings. The number of hydrogen-bond donors (Lipinski definition) is 0. The van der Waals surface area contributed by atoms with Crippen molar-refractivity contribution in [1.29, 1.82) is 0 Å². The van der Waals surface area contributed by atoms with Gasteiger partial charge in [-0.15, -0.1) is 0 Å².